The molecular formula is C17H12N4O5S2. The van der Waals surface area contributed by atoms with Crippen molar-refractivity contribution in [3.8, 4) is 0 Å². The quantitative estimate of drug-likeness (QED) is 0.612. The number of imide groups is 1. The molecule has 0 unspecified atom stereocenters. The maximum atomic E-state index is 12.3. The number of nitrogens with two attached hydrogens (primary N) is 1. The number of anilines is 1. The van der Waals surface area contributed by atoms with Crippen molar-refractivity contribution in [3.05, 3.63) is 53.6 Å². The van der Waals surface area contributed by atoms with Crippen molar-refractivity contribution in [2.45, 2.75) is 4.90 Å². The number of aromatic nitrogens is 1. The molecule has 1 aromatic heterocycles. The van der Waals surface area contributed by atoms with E-state index in [1.807, 2.05) is 0 Å². The Morgan fingerprint density at radius 1 is 1.11 bits per heavy atom. The molecule has 4 rings (SSSR count). The number of rotatable bonds is 4. The first-order chi connectivity index (χ1) is 13.2. The third-order valence-electron chi connectivity index (χ3n) is 4.11. The molecule has 9 nitrogen and oxygen atoms in total. The van der Waals surface area contributed by atoms with Crippen LogP contribution >= 0.6 is 11.3 Å². The fourth-order valence-corrected chi connectivity index (χ4v) is 4.36. The maximum absolute atomic E-state index is 12.3. The predicted molar refractivity (Wildman–Crippen MR) is 101 cm³/mol. The molecule has 3 N–H and O–H groups in total. The van der Waals surface area contributed by atoms with E-state index in [0.29, 0.717) is 10.2 Å². The van der Waals surface area contributed by atoms with Crippen LogP contribution in [0.2, 0.25) is 0 Å². The molecule has 1 aliphatic rings. The number of benzene rings is 2. The van der Waals surface area contributed by atoms with Gasteiger partial charge in [-0.1, -0.05) is 23.5 Å². The third-order valence-corrected chi connectivity index (χ3v) is 5.96. The second kappa shape index (κ2) is 6.48. The van der Waals surface area contributed by atoms with E-state index in [2.05, 4.69) is 10.3 Å². The number of amides is 3. The van der Waals surface area contributed by atoms with Crippen LogP contribution < -0.4 is 10.5 Å². The summed E-state index contributed by atoms with van der Waals surface area (Å²) in [7, 11) is -3.85. The first-order valence-electron chi connectivity index (χ1n) is 7.92. The van der Waals surface area contributed by atoms with Crippen LogP contribution in [0.25, 0.3) is 10.2 Å². The molecule has 3 aromatic rings. The van der Waals surface area contributed by atoms with Gasteiger partial charge in [-0.3, -0.25) is 19.3 Å². The Morgan fingerprint density at radius 3 is 2.36 bits per heavy atom. The van der Waals surface area contributed by atoms with E-state index in [-0.39, 0.29) is 21.2 Å². The van der Waals surface area contributed by atoms with E-state index in [4.69, 9.17) is 5.14 Å². The van der Waals surface area contributed by atoms with Crippen molar-refractivity contribution in [1.29, 1.82) is 0 Å². The fourth-order valence-electron chi connectivity index (χ4n) is 2.82. The van der Waals surface area contributed by atoms with Gasteiger partial charge in [-0.25, -0.2) is 18.5 Å². The van der Waals surface area contributed by atoms with Crippen LogP contribution in [0.15, 0.2) is 47.4 Å². The Labute approximate surface area is 162 Å². The lowest BCUT2D eigenvalue weighted by molar-refractivity contribution is -0.116. The summed E-state index contributed by atoms with van der Waals surface area (Å²) in [6, 6.07) is 10.5. The van der Waals surface area contributed by atoms with Crippen LogP contribution in [0, 0.1) is 0 Å². The maximum Gasteiger partial charge on any atom is 0.262 e. The van der Waals surface area contributed by atoms with Crippen LogP contribution in [-0.4, -0.2) is 42.6 Å². The zero-order valence-electron chi connectivity index (χ0n) is 14.1. The van der Waals surface area contributed by atoms with Crippen LogP contribution in [0.3, 0.4) is 0 Å². The zero-order chi connectivity index (χ0) is 20.1. The lowest BCUT2D eigenvalue weighted by Gasteiger charge is -2.12. The molecule has 0 radical (unpaired) electrons. The van der Waals surface area contributed by atoms with Gasteiger partial charge in [0.15, 0.2) is 5.13 Å². The van der Waals surface area contributed by atoms with Gasteiger partial charge < -0.3 is 5.32 Å². The summed E-state index contributed by atoms with van der Waals surface area (Å²) in [5.74, 6) is -1.66. The van der Waals surface area contributed by atoms with E-state index >= 15 is 0 Å². The van der Waals surface area contributed by atoms with Gasteiger partial charge in [0.05, 0.1) is 26.2 Å². The summed E-state index contributed by atoms with van der Waals surface area (Å²) in [5.41, 5.74) is 1.00. The van der Waals surface area contributed by atoms with Gasteiger partial charge in [0.1, 0.15) is 6.54 Å². The number of fused-ring (bicyclic) bond motifs is 2. The number of nitrogens with zero attached hydrogens (tertiary/aromatic N) is 2. The van der Waals surface area contributed by atoms with E-state index in [9.17, 15) is 22.8 Å². The molecular weight excluding hydrogens is 404 g/mol. The molecule has 142 valence electrons. The lowest BCUT2D eigenvalue weighted by Crippen LogP contribution is -2.37. The molecule has 0 saturated carbocycles. The lowest BCUT2D eigenvalue weighted by atomic mass is 10.1. The minimum Gasteiger partial charge on any atom is -0.300 e. The van der Waals surface area contributed by atoms with Crippen molar-refractivity contribution in [2.24, 2.45) is 5.14 Å². The smallest absolute Gasteiger partial charge is 0.262 e. The SMILES string of the molecule is NS(=O)(=O)c1ccc2nc(NC(=O)CN3C(=O)c4ccccc4C3=O)sc2c1. The normalized spacial score (nSPS) is 13.8. The molecule has 11 heteroatoms. The van der Waals surface area contributed by atoms with Crippen molar-refractivity contribution in [3.63, 3.8) is 0 Å². The number of sulfonamides is 1. The molecule has 2 aromatic carbocycles. The van der Waals surface area contributed by atoms with Gasteiger partial charge in [-0.2, -0.15) is 0 Å². The standard InChI is InChI=1S/C17H12N4O5S2/c18-28(25,26)9-5-6-12-13(7-9)27-17(19-12)20-14(22)8-21-15(23)10-3-1-2-4-11(10)16(21)24/h1-7H,8H2,(H2,18,25,26)(H,19,20,22). The number of nitrogens with one attached hydrogen (secondary N) is 1. The number of hydrogen-bond donors (Lipinski definition) is 2. The summed E-state index contributed by atoms with van der Waals surface area (Å²) < 4.78 is 23.4. The van der Waals surface area contributed by atoms with Crippen molar-refractivity contribution in [2.75, 3.05) is 11.9 Å². The van der Waals surface area contributed by atoms with E-state index in [0.717, 1.165) is 16.2 Å². The van der Waals surface area contributed by atoms with Gasteiger partial charge in [0.25, 0.3) is 11.8 Å². The largest absolute Gasteiger partial charge is 0.300 e. The van der Waals surface area contributed by atoms with Gasteiger partial charge >= 0.3 is 0 Å². The Hall–Kier alpha value is -3.15. The number of carbonyl (C=O) groups excluding carboxylic acids is 3. The molecule has 0 bridgehead atoms. The average molecular weight is 416 g/mol. The Kier molecular flexibility index (Phi) is 4.22. The Morgan fingerprint density at radius 2 is 1.75 bits per heavy atom. The van der Waals surface area contributed by atoms with Gasteiger partial charge in [0, 0.05) is 0 Å². The molecule has 0 fully saturated rings. The number of hydrogen-bond acceptors (Lipinski definition) is 7. The average Bonchev–Trinajstić information content (AvgIpc) is 3.14. The first kappa shape index (κ1) is 18.2. The zero-order valence-corrected chi connectivity index (χ0v) is 15.7. The second-order valence-corrected chi connectivity index (χ2v) is 8.58. The molecule has 3 amide bonds. The van der Waals surface area contributed by atoms with Gasteiger partial charge in [0.2, 0.25) is 15.9 Å². The van der Waals surface area contributed by atoms with Crippen molar-refractivity contribution in [1.82, 2.24) is 9.88 Å². The van der Waals surface area contributed by atoms with Crippen molar-refractivity contribution < 1.29 is 22.8 Å². The van der Waals surface area contributed by atoms with Crippen LogP contribution in [0.1, 0.15) is 20.7 Å². The highest BCUT2D eigenvalue weighted by atomic mass is 32.2. The first-order valence-corrected chi connectivity index (χ1v) is 10.3. The summed E-state index contributed by atoms with van der Waals surface area (Å²) in [5, 5.41) is 7.84. The highest BCUT2D eigenvalue weighted by Crippen LogP contribution is 2.28. The summed E-state index contributed by atoms with van der Waals surface area (Å²) in [6.45, 7) is -0.454. The molecule has 0 spiro atoms. The van der Waals surface area contributed by atoms with Crippen LogP contribution in [-0.2, 0) is 14.8 Å². The predicted octanol–water partition coefficient (Wildman–Crippen LogP) is 1.18. The van der Waals surface area contributed by atoms with Gasteiger partial charge in [-0.15, -0.1) is 0 Å². The molecule has 0 aliphatic carbocycles. The fraction of sp³-hybridized carbons (Fsp3) is 0.0588. The third kappa shape index (κ3) is 3.15. The highest BCUT2D eigenvalue weighted by molar-refractivity contribution is 7.89. The summed E-state index contributed by atoms with van der Waals surface area (Å²) >= 11 is 1.05. The molecule has 28 heavy (non-hydrogen) atoms. The summed E-state index contributed by atoms with van der Waals surface area (Å²) in [6.07, 6.45) is 0. The molecule has 0 saturated heterocycles. The molecule has 2 heterocycles. The van der Waals surface area contributed by atoms with Crippen molar-refractivity contribution >= 4 is 54.4 Å². The minimum atomic E-state index is -3.85. The van der Waals surface area contributed by atoms with Gasteiger partial charge in [-0.05, 0) is 30.3 Å². The number of carbonyl (C=O) groups is 3. The van der Waals surface area contributed by atoms with E-state index in [1.54, 1.807) is 12.1 Å². The monoisotopic (exact) mass is 416 g/mol. The summed E-state index contributed by atoms with van der Waals surface area (Å²) in [4.78, 5) is 41.9. The number of primary sulfonamides is 1. The highest BCUT2D eigenvalue weighted by Gasteiger charge is 2.36. The minimum absolute atomic E-state index is 0.0625. The number of thiazole rings is 1. The van der Waals surface area contributed by atoms with E-state index < -0.39 is 34.3 Å². The van der Waals surface area contributed by atoms with Crippen LogP contribution in [0.4, 0.5) is 5.13 Å². The van der Waals surface area contributed by atoms with Crippen LogP contribution in [0.5, 0.6) is 0 Å². The topological polar surface area (TPSA) is 140 Å². The second-order valence-electron chi connectivity index (χ2n) is 5.98. The Balaban J connectivity index is 1.52. The molecule has 0 atom stereocenters. The Bertz CT molecular complexity index is 1230. The molecule has 1 aliphatic heterocycles. The van der Waals surface area contributed by atoms with E-state index in [1.165, 1.54) is 30.3 Å².